The molecule has 0 fully saturated rings. The molecule has 0 atom stereocenters. The molecule has 0 bridgehead atoms. The van der Waals surface area contributed by atoms with Crippen LogP contribution in [0.5, 0.6) is 5.75 Å². The van der Waals surface area contributed by atoms with Crippen molar-refractivity contribution in [1.29, 1.82) is 0 Å². The minimum atomic E-state index is 0.183. The first-order valence-corrected chi connectivity index (χ1v) is 5.28. The number of hydrogen-bond acceptors (Lipinski definition) is 4. The van der Waals surface area contributed by atoms with Crippen molar-refractivity contribution in [2.75, 3.05) is 0 Å². The zero-order valence-electron chi connectivity index (χ0n) is 8.41. The normalized spacial score (nSPS) is 10.4. The maximum Gasteiger partial charge on any atom is 0.264 e. The molecule has 1 aromatic heterocycles. The van der Waals surface area contributed by atoms with Crippen molar-refractivity contribution in [3.05, 3.63) is 40.0 Å². The second-order valence-corrected chi connectivity index (χ2v) is 3.94. The molecule has 0 spiro atoms. The fourth-order valence-electron chi connectivity index (χ4n) is 1.13. The van der Waals surface area contributed by atoms with Crippen molar-refractivity contribution in [3.8, 4) is 5.75 Å². The number of aromatic nitrogens is 2. The van der Waals surface area contributed by atoms with E-state index in [1.54, 1.807) is 25.1 Å². The van der Waals surface area contributed by atoms with Gasteiger partial charge >= 0.3 is 0 Å². The van der Waals surface area contributed by atoms with Crippen LogP contribution in [0, 0.1) is 6.92 Å². The lowest BCUT2D eigenvalue weighted by atomic mass is 10.3. The lowest BCUT2D eigenvalue weighted by Gasteiger charge is -2.05. The van der Waals surface area contributed by atoms with Gasteiger partial charge in [0.2, 0.25) is 0 Å². The fraction of sp³-hybridized carbons (Fsp3) is 0.200. The van der Waals surface area contributed by atoms with Gasteiger partial charge in [0.25, 0.3) is 5.89 Å². The topological polar surface area (TPSA) is 48.2 Å². The molecule has 2 aromatic rings. The highest BCUT2D eigenvalue weighted by Crippen LogP contribution is 2.27. The van der Waals surface area contributed by atoms with Gasteiger partial charge in [-0.2, -0.15) is 4.98 Å². The molecule has 4 nitrogen and oxygen atoms in total. The molecule has 0 N–H and O–H groups in total. The van der Waals surface area contributed by atoms with Gasteiger partial charge in [0, 0.05) is 5.02 Å². The Kier molecular flexibility index (Phi) is 3.31. The van der Waals surface area contributed by atoms with Gasteiger partial charge in [-0.05, 0) is 25.1 Å². The first kappa shape index (κ1) is 11.2. The lowest BCUT2D eigenvalue weighted by molar-refractivity contribution is 0.242. The summed E-state index contributed by atoms with van der Waals surface area (Å²) in [5.41, 5.74) is 0. The van der Waals surface area contributed by atoms with Gasteiger partial charge in [0.1, 0.15) is 5.75 Å². The second-order valence-electron chi connectivity index (χ2n) is 3.10. The molecule has 0 saturated heterocycles. The van der Waals surface area contributed by atoms with E-state index in [1.807, 2.05) is 0 Å². The summed E-state index contributed by atoms with van der Waals surface area (Å²) in [5.74, 6) is 1.51. The van der Waals surface area contributed by atoms with E-state index in [4.69, 9.17) is 32.5 Å². The van der Waals surface area contributed by atoms with Crippen LogP contribution in [0.15, 0.2) is 22.7 Å². The molecule has 0 unspecified atom stereocenters. The maximum atomic E-state index is 5.92. The molecular weight excluding hydrogens is 251 g/mol. The van der Waals surface area contributed by atoms with E-state index < -0.39 is 0 Å². The van der Waals surface area contributed by atoms with Crippen molar-refractivity contribution in [1.82, 2.24) is 10.1 Å². The van der Waals surface area contributed by atoms with Crippen LogP contribution in [0.3, 0.4) is 0 Å². The molecule has 0 saturated carbocycles. The zero-order chi connectivity index (χ0) is 11.5. The minimum absolute atomic E-state index is 0.183. The zero-order valence-corrected chi connectivity index (χ0v) is 9.92. The van der Waals surface area contributed by atoms with Crippen LogP contribution in [0.1, 0.15) is 11.7 Å². The third kappa shape index (κ3) is 2.65. The molecule has 0 amide bonds. The van der Waals surface area contributed by atoms with E-state index in [0.717, 1.165) is 0 Å². The van der Waals surface area contributed by atoms with E-state index in [2.05, 4.69) is 10.1 Å². The molecule has 0 aliphatic heterocycles. The largest absolute Gasteiger partial charge is 0.482 e. The highest BCUT2D eigenvalue weighted by atomic mass is 35.5. The fourth-order valence-corrected chi connectivity index (χ4v) is 1.59. The number of benzene rings is 1. The highest BCUT2D eigenvalue weighted by Gasteiger charge is 2.06. The predicted octanol–water partition coefficient (Wildman–Crippen LogP) is 3.26. The quantitative estimate of drug-likeness (QED) is 0.848. The molecule has 16 heavy (non-hydrogen) atoms. The minimum Gasteiger partial charge on any atom is -0.482 e. The van der Waals surface area contributed by atoms with E-state index in [-0.39, 0.29) is 6.61 Å². The summed E-state index contributed by atoms with van der Waals surface area (Å²) in [4.78, 5) is 4.00. The van der Waals surface area contributed by atoms with Gasteiger partial charge in [0.15, 0.2) is 12.4 Å². The van der Waals surface area contributed by atoms with Crippen LogP contribution in [0.2, 0.25) is 10.0 Å². The van der Waals surface area contributed by atoms with Crippen LogP contribution in [0.25, 0.3) is 0 Å². The monoisotopic (exact) mass is 258 g/mol. The summed E-state index contributed by atoms with van der Waals surface area (Å²) in [6, 6.07) is 4.99. The van der Waals surface area contributed by atoms with Crippen LogP contribution in [-0.4, -0.2) is 10.1 Å². The number of ether oxygens (including phenoxy) is 1. The molecule has 6 heteroatoms. The Bertz CT molecular complexity index is 499. The van der Waals surface area contributed by atoms with Gasteiger partial charge in [0.05, 0.1) is 5.02 Å². The Labute approximate surface area is 102 Å². The maximum absolute atomic E-state index is 5.92. The van der Waals surface area contributed by atoms with E-state index in [0.29, 0.717) is 27.5 Å². The summed E-state index contributed by atoms with van der Waals surface area (Å²) >= 11 is 11.7. The Morgan fingerprint density at radius 3 is 2.81 bits per heavy atom. The average Bonchev–Trinajstić information content (AvgIpc) is 2.63. The summed E-state index contributed by atoms with van der Waals surface area (Å²) in [5, 5.41) is 4.65. The van der Waals surface area contributed by atoms with Gasteiger partial charge in [-0.25, -0.2) is 0 Å². The Morgan fingerprint density at radius 2 is 2.19 bits per heavy atom. The Hall–Kier alpha value is -1.26. The van der Waals surface area contributed by atoms with Gasteiger partial charge < -0.3 is 9.26 Å². The molecule has 2 rings (SSSR count). The van der Waals surface area contributed by atoms with Gasteiger partial charge in [-0.3, -0.25) is 0 Å². The number of aryl methyl sites for hydroxylation is 1. The first-order valence-electron chi connectivity index (χ1n) is 4.52. The Balaban J connectivity index is 2.04. The first-order chi connectivity index (χ1) is 7.65. The number of rotatable bonds is 3. The van der Waals surface area contributed by atoms with Crippen molar-refractivity contribution < 1.29 is 9.26 Å². The number of halogens is 2. The predicted molar refractivity (Wildman–Crippen MR) is 59.8 cm³/mol. The van der Waals surface area contributed by atoms with Crippen LogP contribution in [0.4, 0.5) is 0 Å². The molecule has 1 heterocycles. The molecule has 0 radical (unpaired) electrons. The highest BCUT2D eigenvalue weighted by molar-refractivity contribution is 6.35. The third-order valence-electron chi connectivity index (χ3n) is 1.81. The van der Waals surface area contributed by atoms with Crippen LogP contribution >= 0.6 is 23.2 Å². The molecule has 1 aromatic carbocycles. The van der Waals surface area contributed by atoms with Crippen molar-refractivity contribution in [3.63, 3.8) is 0 Å². The molecule has 84 valence electrons. The summed E-state index contributed by atoms with van der Waals surface area (Å²) in [6.45, 7) is 1.92. The average molecular weight is 259 g/mol. The number of nitrogens with zero attached hydrogens (tertiary/aromatic N) is 2. The van der Waals surface area contributed by atoms with Gasteiger partial charge in [-0.15, -0.1) is 0 Å². The van der Waals surface area contributed by atoms with Crippen molar-refractivity contribution in [2.45, 2.75) is 13.5 Å². The van der Waals surface area contributed by atoms with E-state index >= 15 is 0 Å². The smallest absolute Gasteiger partial charge is 0.264 e. The summed E-state index contributed by atoms with van der Waals surface area (Å²) in [6.07, 6.45) is 0. The lowest BCUT2D eigenvalue weighted by Crippen LogP contribution is -1.96. The van der Waals surface area contributed by atoms with Crippen LogP contribution in [-0.2, 0) is 6.61 Å². The van der Waals surface area contributed by atoms with Gasteiger partial charge in [-0.1, -0.05) is 28.4 Å². The van der Waals surface area contributed by atoms with Crippen molar-refractivity contribution >= 4 is 23.2 Å². The van der Waals surface area contributed by atoms with Crippen molar-refractivity contribution in [2.24, 2.45) is 0 Å². The van der Waals surface area contributed by atoms with E-state index in [1.165, 1.54) is 0 Å². The summed E-state index contributed by atoms with van der Waals surface area (Å²) < 4.78 is 10.3. The summed E-state index contributed by atoms with van der Waals surface area (Å²) in [7, 11) is 0. The SMILES string of the molecule is Cc1noc(COc2ccc(Cl)cc2Cl)n1. The molecule has 0 aliphatic rings. The second kappa shape index (κ2) is 4.72. The standard InChI is InChI=1S/C10H8Cl2N2O2/c1-6-13-10(16-14-6)5-15-9-3-2-7(11)4-8(9)12/h2-4H,5H2,1H3. The molecular formula is C10H8Cl2N2O2. The number of hydrogen-bond donors (Lipinski definition) is 0. The van der Waals surface area contributed by atoms with E-state index in [9.17, 15) is 0 Å². The third-order valence-corrected chi connectivity index (χ3v) is 2.35. The Morgan fingerprint density at radius 1 is 1.38 bits per heavy atom. The van der Waals surface area contributed by atoms with Crippen LogP contribution < -0.4 is 4.74 Å². The molecule has 0 aliphatic carbocycles.